The van der Waals surface area contributed by atoms with E-state index >= 15 is 0 Å². The zero-order valence-electron chi connectivity index (χ0n) is 21.5. The van der Waals surface area contributed by atoms with E-state index in [1.807, 2.05) is 30.3 Å². The van der Waals surface area contributed by atoms with Gasteiger partial charge in [0.15, 0.2) is 5.78 Å². The first kappa shape index (κ1) is 27.3. The Balaban J connectivity index is 1.57. The topological polar surface area (TPSA) is 146 Å². The summed E-state index contributed by atoms with van der Waals surface area (Å²) in [6.45, 7) is 1.36. The number of aliphatic hydroxyl groups excluding tert-OH is 1. The number of methoxy groups -OCH3 is 1. The second-order valence-electron chi connectivity index (χ2n) is 10.0. The molecule has 2 saturated heterocycles. The van der Waals surface area contributed by atoms with Gasteiger partial charge >= 0.3 is 0 Å². The van der Waals surface area contributed by atoms with E-state index in [1.54, 1.807) is 38.3 Å². The molecule has 2 aliphatic rings. The Morgan fingerprint density at radius 1 is 1.03 bits per heavy atom. The van der Waals surface area contributed by atoms with Crippen LogP contribution in [0.1, 0.15) is 30.9 Å². The third kappa shape index (κ3) is 6.20. The van der Waals surface area contributed by atoms with Crippen molar-refractivity contribution in [3.05, 3.63) is 65.7 Å². The van der Waals surface area contributed by atoms with E-state index in [1.165, 1.54) is 0 Å². The van der Waals surface area contributed by atoms with Crippen molar-refractivity contribution in [3.8, 4) is 5.75 Å². The molecule has 0 aliphatic carbocycles. The highest BCUT2D eigenvalue weighted by molar-refractivity contribution is 6.00. The first-order valence-electron chi connectivity index (χ1n) is 12.6. The van der Waals surface area contributed by atoms with E-state index < -0.39 is 41.6 Å². The average Bonchev–Trinajstić information content (AvgIpc) is 3.56. The number of carbonyl (C=O) groups excluding carboxylic acids is 4. The number of epoxide rings is 1. The lowest BCUT2D eigenvalue weighted by Crippen LogP contribution is -2.62. The summed E-state index contributed by atoms with van der Waals surface area (Å²) >= 11 is 0. The van der Waals surface area contributed by atoms with E-state index in [9.17, 15) is 24.3 Å². The van der Waals surface area contributed by atoms with Crippen LogP contribution in [0.3, 0.4) is 0 Å². The molecule has 2 aromatic carbocycles. The lowest BCUT2D eigenvalue weighted by atomic mass is 9.93. The molecular weight excluding hydrogens is 490 g/mol. The Hall–Kier alpha value is -3.76. The lowest BCUT2D eigenvalue weighted by molar-refractivity contribution is -0.136. The Labute approximate surface area is 221 Å². The molecule has 38 heavy (non-hydrogen) atoms. The third-order valence-corrected chi connectivity index (χ3v) is 7.10. The highest BCUT2D eigenvalue weighted by Crippen LogP contribution is 2.29. The maximum absolute atomic E-state index is 13.6. The standard InChI is InChI=1S/C28H33N3O7/c1-27(17-38-27)24(34)21(14-18-6-4-3-5-7-18)29-25(35)22(15-19-8-10-20(37-2)11-9-19)30-26(36)28(16-32)13-12-23(33)31-28/h3-11,21-22,32H,12-17H2,1-2H3,(H,29,35)(H,30,36)(H,31,33)/t21-,22-,27+,28-/m0/s1. The summed E-state index contributed by atoms with van der Waals surface area (Å²) in [6.07, 6.45) is 0.562. The number of ketones is 1. The normalized spacial score (nSPS) is 23.6. The molecule has 2 aliphatic heterocycles. The number of hydrogen-bond acceptors (Lipinski definition) is 7. The van der Waals surface area contributed by atoms with Gasteiger partial charge in [0.25, 0.3) is 0 Å². The van der Waals surface area contributed by atoms with Crippen LogP contribution in [0, 0.1) is 0 Å². The SMILES string of the molecule is COc1ccc(C[C@H](NC(=O)[C@@]2(CO)CCC(=O)N2)C(=O)N[C@@H](Cc2ccccc2)C(=O)[C@@]2(C)CO2)cc1. The van der Waals surface area contributed by atoms with Crippen molar-refractivity contribution in [2.75, 3.05) is 20.3 Å². The predicted molar refractivity (Wildman–Crippen MR) is 137 cm³/mol. The van der Waals surface area contributed by atoms with Gasteiger partial charge in [0.05, 0.1) is 26.4 Å². The molecule has 2 aromatic rings. The van der Waals surface area contributed by atoms with Crippen LogP contribution in [0.4, 0.5) is 0 Å². The molecule has 4 N–H and O–H groups in total. The van der Waals surface area contributed by atoms with Crippen LogP contribution in [0.5, 0.6) is 5.75 Å². The monoisotopic (exact) mass is 523 g/mol. The Morgan fingerprint density at radius 2 is 1.66 bits per heavy atom. The molecule has 10 heteroatoms. The summed E-state index contributed by atoms with van der Waals surface area (Å²) in [5.41, 5.74) is -0.872. The average molecular weight is 524 g/mol. The largest absolute Gasteiger partial charge is 0.497 e. The summed E-state index contributed by atoms with van der Waals surface area (Å²) in [5.74, 6) is -1.19. The number of ether oxygens (including phenoxy) is 2. The number of nitrogens with one attached hydrogen (secondary N) is 3. The van der Waals surface area contributed by atoms with E-state index in [-0.39, 0.29) is 44.0 Å². The van der Waals surface area contributed by atoms with Gasteiger partial charge in [0.2, 0.25) is 17.7 Å². The van der Waals surface area contributed by atoms with E-state index in [2.05, 4.69) is 16.0 Å². The van der Waals surface area contributed by atoms with Gasteiger partial charge in [0, 0.05) is 12.8 Å². The van der Waals surface area contributed by atoms with Gasteiger partial charge in [-0.25, -0.2) is 0 Å². The number of amides is 3. The number of benzene rings is 2. The van der Waals surface area contributed by atoms with Crippen molar-refractivity contribution >= 4 is 23.5 Å². The third-order valence-electron chi connectivity index (χ3n) is 7.10. The number of rotatable bonds is 12. The number of Topliss-reactive ketones (excluding diaryl/α,β-unsaturated/α-hetero) is 1. The molecule has 202 valence electrons. The molecule has 3 amide bonds. The van der Waals surface area contributed by atoms with E-state index in [0.29, 0.717) is 5.75 Å². The minimum absolute atomic E-state index is 0.0928. The predicted octanol–water partition coefficient (Wildman–Crippen LogP) is 0.449. The highest BCUT2D eigenvalue weighted by atomic mass is 16.6. The number of carbonyl (C=O) groups is 4. The van der Waals surface area contributed by atoms with Gasteiger partial charge in [-0.2, -0.15) is 0 Å². The van der Waals surface area contributed by atoms with Gasteiger partial charge in [-0.3, -0.25) is 19.2 Å². The maximum Gasteiger partial charge on any atom is 0.248 e. The Kier molecular flexibility index (Phi) is 8.13. The van der Waals surface area contributed by atoms with Gasteiger partial charge in [0.1, 0.15) is 22.9 Å². The first-order chi connectivity index (χ1) is 18.2. The van der Waals surface area contributed by atoms with Crippen molar-refractivity contribution in [2.45, 2.75) is 55.8 Å². The van der Waals surface area contributed by atoms with Crippen LogP contribution in [0.15, 0.2) is 54.6 Å². The maximum atomic E-state index is 13.6. The van der Waals surface area contributed by atoms with Crippen molar-refractivity contribution in [3.63, 3.8) is 0 Å². The van der Waals surface area contributed by atoms with Crippen molar-refractivity contribution in [1.82, 2.24) is 16.0 Å². The lowest BCUT2D eigenvalue weighted by Gasteiger charge is -2.29. The smallest absolute Gasteiger partial charge is 0.248 e. The fraction of sp³-hybridized carbons (Fsp3) is 0.429. The fourth-order valence-corrected chi connectivity index (χ4v) is 4.53. The van der Waals surface area contributed by atoms with Crippen molar-refractivity contribution < 1.29 is 33.8 Å². The quantitative estimate of drug-likeness (QED) is 0.296. The summed E-state index contributed by atoms with van der Waals surface area (Å²) in [6, 6.07) is 14.4. The fourth-order valence-electron chi connectivity index (χ4n) is 4.53. The van der Waals surface area contributed by atoms with E-state index in [0.717, 1.165) is 11.1 Å². The van der Waals surface area contributed by atoms with Crippen LogP contribution in [-0.2, 0) is 36.8 Å². The number of hydrogen-bond donors (Lipinski definition) is 4. The summed E-state index contributed by atoms with van der Waals surface area (Å²) in [5, 5.41) is 18.0. The summed E-state index contributed by atoms with van der Waals surface area (Å²) < 4.78 is 10.6. The van der Waals surface area contributed by atoms with Gasteiger partial charge < -0.3 is 30.5 Å². The molecule has 0 radical (unpaired) electrons. The second-order valence-corrected chi connectivity index (χ2v) is 10.0. The van der Waals surface area contributed by atoms with Gasteiger partial charge in [-0.05, 0) is 43.0 Å². The Bertz CT molecular complexity index is 1180. The first-order valence-corrected chi connectivity index (χ1v) is 12.6. The van der Waals surface area contributed by atoms with Gasteiger partial charge in [-0.1, -0.05) is 42.5 Å². The van der Waals surface area contributed by atoms with Crippen LogP contribution in [-0.4, -0.2) is 72.2 Å². The van der Waals surface area contributed by atoms with Crippen LogP contribution in [0.2, 0.25) is 0 Å². The van der Waals surface area contributed by atoms with Crippen molar-refractivity contribution in [1.29, 1.82) is 0 Å². The van der Waals surface area contributed by atoms with Crippen LogP contribution < -0.4 is 20.7 Å². The molecule has 0 aromatic heterocycles. The number of aliphatic hydroxyl groups is 1. The molecule has 0 unspecified atom stereocenters. The van der Waals surface area contributed by atoms with E-state index in [4.69, 9.17) is 9.47 Å². The van der Waals surface area contributed by atoms with Gasteiger partial charge in [-0.15, -0.1) is 0 Å². The zero-order chi connectivity index (χ0) is 27.3. The van der Waals surface area contributed by atoms with Crippen LogP contribution >= 0.6 is 0 Å². The molecule has 0 bridgehead atoms. The van der Waals surface area contributed by atoms with Crippen molar-refractivity contribution in [2.24, 2.45) is 0 Å². The molecule has 0 spiro atoms. The summed E-state index contributed by atoms with van der Waals surface area (Å²) in [7, 11) is 1.55. The molecule has 10 nitrogen and oxygen atoms in total. The second kappa shape index (κ2) is 11.3. The zero-order valence-corrected chi connectivity index (χ0v) is 21.5. The van der Waals surface area contributed by atoms with Crippen LogP contribution in [0.25, 0.3) is 0 Å². The molecule has 4 rings (SSSR count). The highest BCUT2D eigenvalue weighted by Gasteiger charge is 2.50. The Morgan fingerprint density at radius 3 is 2.21 bits per heavy atom. The molecule has 2 heterocycles. The minimum atomic E-state index is -1.51. The minimum Gasteiger partial charge on any atom is -0.497 e. The molecule has 0 saturated carbocycles. The molecule has 2 fully saturated rings. The molecular formula is C28H33N3O7. The molecule has 4 atom stereocenters. The summed E-state index contributed by atoms with van der Waals surface area (Å²) in [4.78, 5) is 52.0.